The van der Waals surface area contributed by atoms with Gasteiger partial charge in [0, 0.05) is 51.5 Å². The quantitative estimate of drug-likeness (QED) is 0.364. The van der Waals surface area contributed by atoms with Crippen molar-refractivity contribution >= 4 is 46.5 Å². The summed E-state index contributed by atoms with van der Waals surface area (Å²) in [6, 6.07) is 16.5. The molecule has 3 heterocycles. The van der Waals surface area contributed by atoms with Gasteiger partial charge >= 0.3 is 0 Å². The number of likely N-dealkylation sites (tertiary alicyclic amines) is 1. The molecule has 9 heteroatoms. The van der Waals surface area contributed by atoms with Crippen LogP contribution in [0.3, 0.4) is 0 Å². The van der Waals surface area contributed by atoms with Gasteiger partial charge in [0.15, 0.2) is 0 Å². The van der Waals surface area contributed by atoms with E-state index in [-0.39, 0.29) is 5.91 Å². The number of nitrogens with one attached hydrogen (secondary N) is 1. The maximum atomic E-state index is 12.7. The number of piperidine rings is 1. The van der Waals surface area contributed by atoms with Crippen molar-refractivity contribution in [3.8, 4) is 0 Å². The number of benzene rings is 2. The van der Waals surface area contributed by atoms with E-state index in [1.54, 1.807) is 24.4 Å². The maximum absolute atomic E-state index is 12.7. The largest absolute Gasteiger partial charge is 0.353 e. The second-order valence-electron chi connectivity index (χ2n) is 10.5. The lowest BCUT2D eigenvalue weighted by Gasteiger charge is -2.43. The molecular formula is C30H34Cl3N5O. The van der Waals surface area contributed by atoms with Crippen molar-refractivity contribution in [3.63, 3.8) is 0 Å². The van der Waals surface area contributed by atoms with Crippen molar-refractivity contribution in [3.05, 3.63) is 92.0 Å². The third-order valence-electron chi connectivity index (χ3n) is 7.74. The Morgan fingerprint density at radius 1 is 0.872 bits per heavy atom. The summed E-state index contributed by atoms with van der Waals surface area (Å²) in [5.41, 5.74) is 4.00. The number of piperazine rings is 1. The van der Waals surface area contributed by atoms with Gasteiger partial charge in [-0.15, -0.1) is 0 Å². The Morgan fingerprint density at radius 2 is 1.56 bits per heavy atom. The van der Waals surface area contributed by atoms with Gasteiger partial charge in [0.1, 0.15) is 5.82 Å². The van der Waals surface area contributed by atoms with E-state index in [1.165, 1.54) is 24.0 Å². The molecule has 1 aromatic heterocycles. The maximum Gasteiger partial charge on any atom is 0.253 e. The van der Waals surface area contributed by atoms with Crippen molar-refractivity contribution in [1.82, 2.24) is 20.1 Å². The van der Waals surface area contributed by atoms with Gasteiger partial charge < -0.3 is 10.2 Å². The molecule has 2 saturated heterocycles. The van der Waals surface area contributed by atoms with Gasteiger partial charge in [-0.2, -0.15) is 0 Å². The predicted molar refractivity (Wildman–Crippen MR) is 160 cm³/mol. The number of pyridine rings is 1. The number of halogens is 3. The Hall–Kier alpha value is -2.35. The first-order chi connectivity index (χ1) is 18.9. The van der Waals surface area contributed by atoms with E-state index in [1.807, 2.05) is 6.07 Å². The lowest BCUT2D eigenvalue weighted by molar-refractivity contribution is 0.0950. The molecular weight excluding hydrogens is 553 g/mol. The van der Waals surface area contributed by atoms with Crippen LogP contribution in [-0.4, -0.2) is 66.0 Å². The third kappa shape index (κ3) is 7.24. The highest BCUT2D eigenvalue weighted by molar-refractivity contribution is 6.42. The molecule has 39 heavy (non-hydrogen) atoms. The standard InChI is InChI=1S/C30H34Cl3N5O/c1-21-2-4-22(5-3-21)20-36-10-8-25(9-11-36)37-12-14-38(15-13-37)29-28(33)17-24(19-34-29)30(39)35-18-23-6-7-26(31)27(32)16-23/h2-7,16-17,19,25H,8-15,18,20H2,1H3,(H,35,39). The van der Waals surface area contributed by atoms with E-state index in [9.17, 15) is 4.79 Å². The van der Waals surface area contributed by atoms with Gasteiger partial charge in [0.05, 0.1) is 20.6 Å². The zero-order valence-corrected chi connectivity index (χ0v) is 24.4. The SMILES string of the molecule is Cc1ccc(CN2CCC(N3CCN(c4ncc(C(=O)NCc5ccc(Cl)c(Cl)c5)cc4Cl)CC3)CC2)cc1. The Bertz CT molecular complexity index is 1290. The average molecular weight is 587 g/mol. The van der Waals surface area contributed by atoms with Crippen molar-refractivity contribution in [2.45, 2.75) is 38.9 Å². The van der Waals surface area contributed by atoms with Crippen LogP contribution >= 0.6 is 34.8 Å². The number of aryl methyl sites for hydroxylation is 1. The number of anilines is 1. The summed E-state index contributed by atoms with van der Waals surface area (Å²) in [7, 11) is 0. The molecule has 5 rings (SSSR count). The van der Waals surface area contributed by atoms with E-state index < -0.39 is 0 Å². The molecule has 206 valence electrons. The molecule has 2 aliphatic rings. The second-order valence-corrected chi connectivity index (χ2v) is 11.7. The molecule has 0 saturated carbocycles. The molecule has 6 nitrogen and oxygen atoms in total. The van der Waals surface area contributed by atoms with Gasteiger partial charge in [0.25, 0.3) is 5.91 Å². The number of amides is 1. The molecule has 2 aliphatic heterocycles. The number of carbonyl (C=O) groups excluding carboxylic acids is 1. The Morgan fingerprint density at radius 3 is 2.23 bits per heavy atom. The summed E-state index contributed by atoms with van der Waals surface area (Å²) in [6.45, 7) is 9.52. The van der Waals surface area contributed by atoms with Crippen LogP contribution in [0.5, 0.6) is 0 Å². The van der Waals surface area contributed by atoms with Crippen LogP contribution in [0.15, 0.2) is 54.7 Å². The highest BCUT2D eigenvalue weighted by Crippen LogP contribution is 2.27. The average Bonchev–Trinajstić information content (AvgIpc) is 2.95. The first kappa shape index (κ1) is 28.2. The van der Waals surface area contributed by atoms with Crippen LogP contribution < -0.4 is 10.2 Å². The monoisotopic (exact) mass is 585 g/mol. The zero-order valence-electron chi connectivity index (χ0n) is 22.2. The lowest BCUT2D eigenvalue weighted by Crippen LogP contribution is -2.53. The first-order valence-corrected chi connectivity index (χ1v) is 14.6. The van der Waals surface area contributed by atoms with Crippen LogP contribution in [-0.2, 0) is 13.1 Å². The minimum atomic E-state index is -0.236. The van der Waals surface area contributed by atoms with Gasteiger partial charge in [-0.25, -0.2) is 4.98 Å². The second kappa shape index (κ2) is 12.9. The molecule has 1 amide bonds. The van der Waals surface area contributed by atoms with E-state index in [2.05, 4.69) is 56.2 Å². The summed E-state index contributed by atoms with van der Waals surface area (Å²) in [4.78, 5) is 24.7. The fourth-order valence-corrected chi connectivity index (χ4v) is 6.02. The Balaban J connectivity index is 1.08. The van der Waals surface area contributed by atoms with Gasteiger partial charge in [-0.1, -0.05) is 70.7 Å². The summed E-state index contributed by atoms with van der Waals surface area (Å²) in [6.07, 6.45) is 4.01. The van der Waals surface area contributed by atoms with Crippen LogP contribution in [0.2, 0.25) is 15.1 Å². The molecule has 0 atom stereocenters. The predicted octanol–water partition coefficient (Wildman–Crippen LogP) is 6.07. The van der Waals surface area contributed by atoms with Gasteiger partial charge in [-0.05, 0) is 62.2 Å². The number of hydrogen-bond acceptors (Lipinski definition) is 5. The highest BCUT2D eigenvalue weighted by Gasteiger charge is 2.28. The van der Waals surface area contributed by atoms with Crippen molar-refractivity contribution in [1.29, 1.82) is 0 Å². The van der Waals surface area contributed by atoms with E-state index in [0.717, 1.165) is 57.2 Å². The number of nitrogens with zero attached hydrogens (tertiary/aromatic N) is 4. The zero-order chi connectivity index (χ0) is 27.4. The van der Waals surface area contributed by atoms with E-state index >= 15 is 0 Å². The van der Waals surface area contributed by atoms with Gasteiger partial charge in [-0.3, -0.25) is 14.6 Å². The van der Waals surface area contributed by atoms with Crippen LogP contribution in [0, 0.1) is 6.92 Å². The number of aromatic nitrogens is 1. The van der Waals surface area contributed by atoms with Crippen molar-refractivity contribution < 1.29 is 4.79 Å². The molecule has 1 N–H and O–H groups in total. The minimum absolute atomic E-state index is 0.236. The Kier molecular flexibility index (Phi) is 9.31. The summed E-state index contributed by atoms with van der Waals surface area (Å²) >= 11 is 18.6. The summed E-state index contributed by atoms with van der Waals surface area (Å²) < 4.78 is 0. The number of hydrogen-bond donors (Lipinski definition) is 1. The molecule has 0 aliphatic carbocycles. The van der Waals surface area contributed by atoms with Gasteiger partial charge in [0.2, 0.25) is 0 Å². The topological polar surface area (TPSA) is 51.7 Å². The third-order valence-corrected chi connectivity index (χ3v) is 8.75. The lowest BCUT2D eigenvalue weighted by atomic mass is 10.0. The Labute approximate surface area is 245 Å². The summed E-state index contributed by atoms with van der Waals surface area (Å²) in [5.74, 6) is 0.505. The van der Waals surface area contributed by atoms with Crippen LogP contribution in [0.4, 0.5) is 5.82 Å². The minimum Gasteiger partial charge on any atom is -0.353 e. The van der Waals surface area contributed by atoms with Crippen molar-refractivity contribution in [2.75, 3.05) is 44.2 Å². The van der Waals surface area contributed by atoms with Crippen LogP contribution in [0.25, 0.3) is 0 Å². The number of rotatable bonds is 7. The smallest absolute Gasteiger partial charge is 0.253 e. The molecule has 0 spiro atoms. The molecule has 0 radical (unpaired) electrons. The first-order valence-electron chi connectivity index (χ1n) is 13.5. The molecule has 0 unspecified atom stereocenters. The van der Waals surface area contributed by atoms with Crippen LogP contribution in [0.1, 0.15) is 39.9 Å². The fraction of sp³-hybridized carbons (Fsp3) is 0.400. The van der Waals surface area contributed by atoms with E-state index in [0.29, 0.717) is 33.2 Å². The molecule has 2 aromatic carbocycles. The highest BCUT2D eigenvalue weighted by atomic mass is 35.5. The molecule has 3 aromatic rings. The number of carbonyl (C=O) groups is 1. The molecule has 2 fully saturated rings. The molecule has 0 bridgehead atoms. The van der Waals surface area contributed by atoms with E-state index in [4.69, 9.17) is 34.8 Å². The normalized spacial score (nSPS) is 17.4. The van der Waals surface area contributed by atoms with Crippen molar-refractivity contribution in [2.24, 2.45) is 0 Å². The summed E-state index contributed by atoms with van der Waals surface area (Å²) in [5, 5.41) is 4.33. The fourth-order valence-electron chi connectivity index (χ4n) is 5.41.